The van der Waals surface area contributed by atoms with E-state index in [1.54, 1.807) is 6.07 Å². The van der Waals surface area contributed by atoms with E-state index in [1.807, 2.05) is 13.8 Å². The van der Waals surface area contributed by atoms with Gasteiger partial charge < -0.3 is 10.1 Å². The van der Waals surface area contributed by atoms with Gasteiger partial charge in [-0.05, 0) is 24.5 Å². The maximum Gasteiger partial charge on any atom is 0.328 e. The molecular weight excluding hydrogens is 249 g/mol. The maximum atomic E-state index is 13.5. The molecule has 0 saturated carbocycles. The average Bonchev–Trinajstić information content (AvgIpc) is 2.36. The number of nitrogens with one attached hydrogen (secondary N) is 1. The quantitative estimate of drug-likeness (QED) is 0.832. The third-order valence-corrected chi connectivity index (χ3v) is 2.62. The standard InChI is InChI=1S/C14H18FNO3/c1-9(2)8-12(14(18)19-3)16-13(17)10-6-4-5-7-11(10)15/h4-7,9,12H,8H2,1-3H3,(H,16,17). The number of benzene rings is 1. The van der Waals surface area contributed by atoms with Crippen molar-refractivity contribution in [3.05, 3.63) is 35.6 Å². The van der Waals surface area contributed by atoms with Crippen LogP contribution in [-0.2, 0) is 9.53 Å². The van der Waals surface area contributed by atoms with Crippen LogP contribution in [0.15, 0.2) is 24.3 Å². The van der Waals surface area contributed by atoms with Crippen molar-refractivity contribution >= 4 is 11.9 Å². The van der Waals surface area contributed by atoms with Crippen molar-refractivity contribution in [3.8, 4) is 0 Å². The Morgan fingerprint density at radius 2 is 1.95 bits per heavy atom. The number of esters is 1. The highest BCUT2D eigenvalue weighted by Gasteiger charge is 2.24. The Balaban J connectivity index is 2.82. The Hall–Kier alpha value is -1.91. The van der Waals surface area contributed by atoms with Gasteiger partial charge >= 0.3 is 5.97 Å². The zero-order valence-electron chi connectivity index (χ0n) is 11.3. The molecule has 0 aliphatic carbocycles. The lowest BCUT2D eigenvalue weighted by Gasteiger charge is -2.18. The highest BCUT2D eigenvalue weighted by atomic mass is 19.1. The number of halogens is 1. The monoisotopic (exact) mass is 267 g/mol. The molecular formula is C14H18FNO3. The topological polar surface area (TPSA) is 55.4 Å². The van der Waals surface area contributed by atoms with Gasteiger partial charge in [-0.15, -0.1) is 0 Å². The predicted molar refractivity (Wildman–Crippen MR) is 69.1 cm³/mol. The van der Waals surface area contributed by atoms with Crippen molar-refractivity contribution in [2.45, 2.75) is 26.3 Å². The second-order valence-corrected chi connectivity index (χ2v) is 4.66. The van der Waals surface area contributed by atoms with Gasteiger partial charge in [-0.2, -0.15) is 0 Å². The highest BCUT2D eigenvalue weighted by molar-refractivity contribution is 5.96. The van der Waals surface area contributed by atoms with E-state index in [9.17, 15) is 14.0 Å². The van der Waals surface area contributed by atoms with E-state index in [2.05, 4.69) is 10.1 Å². The Morgan fingerprint density at radius 1 is 1.32 bits per heavy atom. The van der Waals surface area contributed by atoms with Crippen LogP contribution in [0.5, 0.6) is 0 Å². The molecule has 0 fully saturated rings. The molecule has 0 aromatic heterocycles. The summed E-state index contributed by atoms with van der Waals surface area (Å²) in [7, 11) is 1.25. The molecule has 0 aliphatic heterocycles. The number of carbonyl (C=O) groups is 2. The number of amides is 1. The minimum atomic E-state index is -0.767. The van der Waals surface area contributed by atoms with Crippen LogP contribution in [0.2, 0.25) is 0 Å². The van der Waals surface area contributed by atoms with Gasteiger partial charge in [-0.3, -0.25) is 4.79 Å². The molecule has 0 saturated heterocycles. The summed E-state index contributed by atoms with van der Waals surface area (Å²) in [4.78, 5) is 23.5. The molecule has 1 aromatic carbocycles. The van der Waals surface area contributed by atoms with Gasteiger partial charge in [0, 0.05) is 0 Å². The van der Waals surface area contributed by atoms with Gasteiger partial charge in [0.2, 0.25) is 0 Å². The molecule has 19 heavy (non-hydrogen) atoms. The lowest BCUT2D eigenvalue weighted by atomic mass is 10.0. The van der Waals surface area contributed by atoms with Crippen LogP contribution >= 0.6 is 0 Å². The van der Waals surface area contributed by atoms with Crippen LogP contribution < -0.4 is 5.32 Å². The summed E-state index contributed by atoms with van der Waals surface area (Å²) in [5, 5.41) is 2.50. The fourth-order valence-electron chi connectivity index (χ4n) is 1.71. The number of ether oxygens (including phenoxy) is 1. The van der Waals surface area contributed by atoms with Crippen LogP contribution in [0.4, 0.5) is 4.39 Å². The van der Waals surface area contributed by atoms with E-state index >= 15 is 0 Å². The summed E-state index contributed by atoms with van der Waals surface area (Å²) in [6.07, 6.45) is 0.437. The summed E-state index contributed by atoms with van der Waals surface area (Å²) >= 11 is 0. The Labute approximate surface area is 112 Å². The summed E-state index contributed by atoms with van der Waals surface area (Å²) in [6, 6.07) is 4.86. The molecule has 1 amide bonds. The van der Waals surface area contributed by atoms with E-state index in [0.717, 1.165) is 0 Å². The van der Waals surface area contributed by atoms with Crippen LogP contribution in [0, 0.1) is 11.7 Å². The molecule has 5 heteroatoms. The van der Waals surface area contributed by atoms with Crippen LogP contribution in [-0.4, -0.2) is 25.0 Å². The smallest absolute Gasteiger partial charge is 0.328 e. The van der Waals surface area contributed by atoms with E-state index < -0.39 is 23.7 Å². The third-order valence-electron chi connectivity index (χ3n) is 2.62. The Bertz CT molecular complexity index is 460. The molecule has 0 aliphatic rings. The number of carbonyl (C=O) groups excluding carboxylic acids is 2. The number of hydrogen-bond acceptors (Lipinski definition) is 3. The van der Waals surface area contributed by atoms with Gasteiger partial charge in [0.1, 0.15) is 11.9 Å². The van der Waals surface area contributed by atoms with Gasteiger partial charge in [-0.1, -0.05) is 26.0 Å². The first-order valence-electron chi connectivity index (χ1n) is 6.09. The van der Waals surface area contributed by atoms with Crippen molar-refractivity contribution in [2.75, 3.05) is 7.11 Å². The van der Waals surface area contributed by atoms with Crippen LogP contribution in [0.25, 0.3) is 0 Å². The van der Waals surface area contributed by atoms with E-state index in [-0.39, 0.29) is 11.5 Å². The molecule has 0 radical (unpaired) electrons. The summed E-state index contributed by atoms with van der Waals surface area (Å²) < 4.78 is 18.1. The maximum absolute atomic E-state index is 13.5. The van der Waals surface area contributed by atoms with Gasteiger partial charge in [0.15, 0.2) is 0 Å². The molecule has 0 heterocycles. The first-order valence-corrected chi connectivity index (χ1v) is 6.09. The first-order chi connectivity index (χ1) is 8.95. The minimum absolute atomic E-state index is 0.0832. The molecule has 1 aromatic rings. The lowest BCUT2D eigenvalue weighted by molar-refractivity contribution is -0.143. The van der Waals surface area contributed by atoms with Gasteiger partial charge in [0.25, 0.3) is 5.91 Å². The number of methoxy groups -OCH3 is 1. The molecule has 1 rings (SSSR count). The third kappa shape index (κ3) is 4.35. The fourth-order valence-corrected chi connectivity index (χ4v) is 1.71. The predicted octanol–water partition coefficient (Wildman–Crippen LogP) is 2.14. The Kier molecular flexibility index (Phi) is 5.48. The van der Waals surface area contributed by atoms with Crippen molar-refractivity contribution in [2.24, 2.45) is 5.92 Å². The molecule has 1 atom stereocenters. The lowest BCUT2D eigenvalue weighted by Crippen LogP contribution is -2.42. The van der Waals surface area contributed by atoms with E-state index in [0.29, 0.717) is 6.42 Å². The second-order valence-electron chi connectivity index (χ2n) is 4.66. The fraction of sp³-hybridized carbons (Fsp3) is 0.429. The highest BCUT2D eigenvalue weighted by Crippen LogP contribution is 2.10. The molecule has 1 unspecified atom stereocenters. The largest absolute Gasteiger partial charge is 0.467 e. The molecule has 4 nitrogen and oxygen atoms in total. The normalized spacial score (nSPS) is 12.1. The second kappa shape index (κ2) is 6.87. The molecule has 104 valence electrons. The zero-order valence-corrected chi connectivity index (χ0v) is 11.3. The Morgan fingerprint density at radius 3 is 2.47 bits per heavy atom. The molecule has 0 bridgehead atoms. The van der Waals surface area contributed by atoms with Crippen molar-refractivity contribution in [3.63, 3.8) is 0 Å². The summed E-state index contributed by atoms with van der Waals surface area (Å²) in [5.74, 6) is -1.56. The van der Waals surface area contributed by atoms with Crippen molar-refractivity contribution in [1.82, 2.24) is 5.32 Å². The van der Waals surface area contributed by atoms with Crippen molar-refractivity contribution < 1.29 is 18.7 Å². The van der Waals surface area contributed by atoms with Gasteiger partial charge in [-0.25, -0.2) is 9.18 Å². The first kappa shape index (κ1) is 15.1. The summed E-state index contributed by atoms with van der Waals surface area (Å²) in [5.41, 5.74) is -0.0832. The number of hydrogen-bond donors (Lipinski definition) is 1. The zero-order chi connectivity index (χ0) is 14.4. The molecule has 0 spiro atoms. The average molecular weight is 267 g/mol. The van der Waals surface area contributed by atoms with Gasteiger partial charge in [0.05, 0.1) is 12.7 Å². The van der Waals surface area contributed by atoms with E-state index in [4.69, 9.17) is 0 Å². The molecule has 1 N–H and O–H groups in total. The van der Waals surface area contributed by atoms with E-state index in [1.165, 1.54) is 25.3 Å². The van der Waals surface area contributed by atoms with Crippen LogP contribution in [0.3, 0.4) is 0 Å². The SMILES string of the molecule is COC(=O)C(CC(C)C)NC(=O)c1ccccc1F. The minimum Gasteiger partial charge on any atom is -0.467 e. The number of rotatable bonds is 5. The van der Waals surface area contributed by atoms with Crippen molar-refractivity contribution in [1.29, 1.82) is 0 Å². The summed E-state index contributed by atoms with van der Waals surface area (Å²) in [6.45, 7) is 3.84. The van der Waals surface area contributed by atoms with Crippen LogP contribution in [0.1, 0.15) is 30.6 Å².